The van der Waals surface area contributed by atoms with Crippen molar-refractivity contribution in [3.63, 3.8) is 0 Å². The Morgan fingerprint density at radius 3 is 2.47 bits per heavy atom. The van der Waals surface area contributed by atoms with Gasteiger partial charge in [-0.05, 0) is 42.0 Å². The van der Waals surface area contributed by atoms with Gasteiger partial charge in [-0.25, -0.2) is 4.98 Å². The largest absolute Gasteiger partial charge is 0.366 e. The number of benzene rings is 2. The highest BCUT2D eigenvalue weighted by Crippen LogP contribution is 2.25. The Bertz CT molecular complexity index is 1260. The summed E-state index contributed by atoms with van der Waals surface area (Å²) in [5, 5.41) is 3.61. The molecule has 148 valence electrons. The fourth-order valence-corrected chi connectivity index (χ4v) is 3.35. The summed E-state index contributed by atoms with van der Waals surface area (Å²) in [6.45, 7) is 0. The molecule has 2 aromatic carbocycles. The second-order valence-electron chi connectivity index (χ2n) is 6.61. The van der Waals surface area contributed by atoms with E-state index in [0.717, 1.165) is 21.0 Å². The van der Waals surface area contributed by atoms with Crippen molar-refractivity contribution in [1.29, 1.82) is 0 Å². The monoisotopic (exact) mass is 460 g/mol. The summed E-state index contributed by atoms with van der Waals surface area (Å²) in [7, 11) is 0. The number of fused-ring (bicyclic) bond motifs is 1. The van der Waals surface area contributed by atoms with Gasteiger partial charge in [-0.2, -0.15) is 0 Å². The molecule has 2 aromatic heterocycles. The Kier molecular flexibility index (Phi) is 5.45. The lowest BCUT2D eigenvalue weighted by atomic mass is 10.0. The molecule has 0 radical (unpaired) electrons. The molecular formula is C23H17BrN4O2. The summed E-state index contributed by atoms with van der Waals surface area (Å²) >= 11 is 3.36. The molecule has 0 bridgehead atoms. The molecule has 2 amide bonds. The molecule has 7 heteroatoms. The minimum absolute atomic E-state index is 0.238. The van der Waals surface area contributed by atoms with Crippen molar-refractivity contribution in [2.45, 2.75) is 0 Å². The maximum Gasteiger partial charge on any atom is 0.255 e. The Morgan fingerprint density at radius 2 is 1.77 bits per heavy atom. The lowest BCUT2D eigenvalue weighted by molar-refractivity contribution is -0.112. The number of aromatic amines is 1. The molecule has 0 aliphatic heterocycles. The quantitative estimate of drug-likeness (QED) is 0.379. The Labute approximate surface area is 181 Å². The molecule has 4 rings (SSSR count). The van der Waals surface area contributed by atoms with Crippen LogP contribution in [-0.2, 0) is 4.79 Å². The summed E-state index contributed by atoms with van der Waals surface area (Å²) in [5.41, 5.74) is 9.19. The van der Waals surface area contributed by atoms with Crippen LogP contribution in [0.2, 0.25) is 0 Å². The van der Waals surface area contributed by atoms with Crippen LogP contribution < -0.4 is 11.1 Å². The van der Waals surface area contributed by atoms with E-state index in [4.69, 9.17) is 5.73 Å². The fraction of sp³-hybridized carbons (Fsp3) is 0. The van der Waals surface area contributed by atoms with Crippen LogP contribution in [0.15, 0.2) is 77.5 Å². The SMILES string of the molecule is NC(=O)/C(=C\c1c[nH]c2ncc(NC(=O)c3ccc(Br)cc3)cc12)c1ccccc1. The van der Waals surface area contributed by atoms with Crippen LogP contribution in [0.5, 0.6) is 0 Å². The second kappa shape index (κ2) is 8.34. The highest BCUT2D eigenvalue weighted by Gasteiger charge is 2.12. The summed E-state index contributed by atoms with van der Waals surface area (Å²) in [6, 6.07) is 18.1. The minimum atomic E-state index is -0.525. The number of carbonyl (C=O) groups excluding carboxylic acids is 2. The van der Waals surface area contributed by atoms with Crippen LogP contribution >= 0.6 is 15.9 Å². The molecule has 4 N–H and O–H groups in total. The Balaban J connectivity index is 1.68. The normalized spacial score (nSPS) is 11.4. The average Bonchev–Trinajstić information content (AvgIpc) is 3.15. The van der Waals surface area contributed by atoms with E-state index in [1.807, 2.05) is 36.4 Å². The molecule has 2 heterocycles. The number of amides is 2. The van der Waals surface area contributed by atoms with Crippen molar-refractivity contribution in [1.82, 2.24) is 9.97 Å². The Hall–Kier alpha value is -3.71. The van der Waals surface area contributed by atoms with Gasteiger partial charge in [0.15, 0.2) is 0 Å². The van der Waals surface area contributed by atoms with Crippen LogP contribution in [0.4, 0.5) is 5.69 Å². The number of anilines is 1. The van der Waals surface area contributed by atoms with Gasteiger partial charge in [-0.1, -0.05) is 46.3 Å². The van der Waals surface area contributed by atoms with Gasteiger partial charge < -0.3 is 16.0 Å². The van der Waals surface area contributed by atoms with Gasteiger partial charge in [0.05, 0.1) is 11.9 Å². The number of hydrogen-bond donors (Lipinski definition) is 3. The summed E-state index contributed by atoms with van der Waals surface area (Å²) in [6.07, 6.45) is 5.05. The second-order valence-corrected chi connectivity index (χ2v) is 7.53. The van der Waals surface area contributed by atoms with Crippen LogP contribution in [-0.4, -0.2) is 21.8 Å². The van der Waals surface area contributed by atoms with Crippen molar-refractivity contribution in [2.24, 2.45) is 5.73 Å². The van der Waals surface area contributed by atoms with E-state index in [1.54, 1.807) is 42.7 Å². The molecule has 6 nitrogen and oxygen atoms in total. The molecule has 0 saturated carbocycles. The van der Waals surface area contributed by atoms with E-state index in [-0.39, 0.29) is 5.91 Å². The molecule has 0 aliphatic carbocycles. The fourth-order valence-electron chi connectivity index (χ4n) is 3.09. The van der Waals surface area contributed by atoms with Crippen molar-refractivity contribution in [2.75, 3.05) is 5.32 Å². The number of aromatic nitrogens is 2. The number of nitrogens with one attached hydrogen (secondary N) is 2. The summed E-state index contributed by atoms with van der Waals surface area (Å²) in [5.74, 6) is -0.762. The van der Waals surface area contributed by atoms with Gasteiger partial charge in [-0.3, -0.25) is 9.59 Å². The zero-order valence-electron chi connectivity index (χ0n) is 15.7. The van der Waals surface area contributed by atoms with Crippen LogP contribution in [0.1, 0.15) is 21.5 Å². The topological polar surface area (TPSA) is 101 Å². The molecule has 0 unspecified atom stereocenters. The zero-order valence-corrected chi connectivity index (χ0v) is 17.3. The third kappa shape index (κ3) is 4.16. The van der Waals surface area contributed by atoms with Crippen LogP contribution in [0, 0.1) is 0 Å². The maximum atomic E-state index is 12.5. The lowest BCUT2D eigenvalue weighted by Crippen LogP contribution is -2.12. The third-order valence-corrected chi connectivity index (χ3v) is 5.11. The first-order valence-electron chi connectivity index (χ1n) is 9.12. The van der Waals surface area contributed by atoms with Gasteiger partial charge in [-0.15, -0.1) is 0 Å². The van der Waals surface area contributed by atoms with Crippen molar-refractivity contribution in [3.05, 3.63) is 94.2 Å². The first-order chi connectivity index (χ1) is 14.5. The molecule has 4 aromatic rings. The number of H-pyrrole nitrogens is 1. The van der Waals surface area contributed by atoms with Crippen molar-refractivity contribution >= 4 is 56.1 Å². The molecular weight excluding hydrogens is 444 g/mol. The smallest absolute Gasteiger partial charge is 0.255 e. The number of pyridine rings is 1. The predicted octanol–water partition coefficient (Wildman–Crippen LogP) is 4.60. The van der Waals surface area contributed by atoms with Crippen LogP contribution in [0.25, 0.3) is 22.7 Å². The van der Waals surface area contributed by atoms with Gasteiger partial charge in [0.25, 0.3) is 5.91 Å². The number of halogens is 1. The molecule has 0 fully saturated rings. The summed E-state index contributed by atoms with van der Waals surface area (Å²) < 4.78 is 0.898. The predicted molar refractivity (Wildman–Crippen MR) is 122 cm³/mol. The van der Waals surface area contributed by atoms with E-state index in [0.29, 0.717) is 22.5 Å². The molecule has 30 heavy (non-hydrogen) atoms. The van der Waals surface area contributed by atoms with E-state index < -0.39 is 5.91 Å². The first-order valence-corrected chi connectivity index (χ1v) is 9.91. The number of primary amides is 1. The first kappa shape index (κ1) is 19.6. The van der Waals surface area contributed by atoms with E-state index in [2.05, 4.69) is 31.2 Å². The number of hydrogen-bond acceptors (Lipinski definition) is 3. The standard InChI is InChI=1S/C23H17BrN4O2/c24-17-8-6-15(7-9-17)23(30)28-18-11-20-16(12-26-22(20)27-13-18)10-19(21(25)29)14-4-2-1-3-5-14/h1-13H,(H2,25,29)(H,26,27)(H,28,30)/b19-10-. The highest BCUT2D eigenvalue weighted by atomic mass is 79.9. The van der Waals surface area contributed by atoms with Gasteiger partial charge in [0.1, 0.15) is 5.65 Å². The summed E-state index contributed by atoms with van der Waals surface area (Å²) in [4.78, 5) is 32.0. The number of nitrogens with zero attached hydrogens (tertiary/aromatic N) is 1. The van der Waals surface area contributed by atoms with Gasteiger partial charge >= 0.3 is 0 Å². The number of carbonyl (C=O) groups is 2. The zero-order chi connectivity index (χ0) is 21.1. The van der Waals surface area contributed by atoms with Gasteiger partial charge in [0.2, 0.25) is 5.91 Å². The van der Waals surface area contributed by atoms with Crippen molar-refractivity contribution < 1.29 is 9.59 Å². The maximum absolute atomic E-state index is 12.5. The molecule has 0 aliphatic rings. The number of nitrogens with two attached hydrogens (primary N) is 1. The van der Waals surface area contributed by atoms with Gasteiger partial charge in [0, 0.05) is 32.8 Å². The number of rotatable bonds is 5. The van der Waals surface area contributed by atoms with E-state index in [9.17, 15) is 9.59 Å². The molecule has 0 saturated heterocycles. The average molecular weight is 461 g/mol. The van der Waals surface area contributed by atoms with Crippen molar-refractivity contribution in [3.8, 4) is 0 Å². The lowest BCUT2D eigenvalue weighted by Gasteiger charge is -2.06. The Morgan fingerprint density at radius 1 is 1.03 bits per heavy atom. The van der Waals surface area contributed by atoms with E-state index >= 15 is 0 Å². The van der Waals surface area contributed by atoms with Crippen LogP contribution in [0.3, 0.4) is 0 Å². The molecule has 0 spiro atoms. The highest BCUT2D eigenvalue weighted by molar-refractivity contribution is 9.10. The molecule has 0 atom stereocenters. The van der Waals surface area contributed by atoms with E-state index in [1.165, 1.54) is 0 Å². The third-order valence-electron chi connectivity index (χ3n) is 4.58. The minimum Gasteiger partial charge on any atom is -0.366 e.